The predicted octanol–water partition coefficient (Wildman–Crippen LogP) is 6.67. The first kappa shape index (κ1) is 22.2. The molecule has 0 aromatic heterocycles. The van der Waals surface area contributed by atoms with E-state index in [1.807, 2.05) is 6.07 Å². The van der Waals surface area contributed by atoms with E-state index in [4.69, 9.17) is 4.74 Å². The summed E-state index contributed by atoms with van der Waals surface area (Å²) >= 11 is 0. The van der Waals surface area contributed by atoms with Gasteiger partial charge in [-0.05, 0) is 69.7 Å². The van der Waals surface area contributed by atoms with Crippen LogP contribution in [0.15, 0.2) is 54.6 Å². The topological polar surface area (TPSA) is 9.23 Å². The molecule has 0 saturated heterocycles. The number of benzene rings is 2. The monoisotopic (exact) mass is 380 g/mol. The highest BCUT2D eigenvalue weighted by molar-refractivity contribution is 5.69. The van der Waals surface area contributed by atoms with Crippen molar-refractivity contribution in [3.63, 3.8) is 0 Å². The molecule has 0 amide bonds. The minimum absolute atomic E-state index is 0.814. The minimum Gasteiger partial charge on any atom is -0.494 e. The maximum Gasteiger partial charge on any atom is 0.119 e. The predicted molar refractivity (Wildman–Crippen MR) is 123 cm³/mol. The average Bonchev–Trinajstić information content (AvgIpc) is 2.76. The number of ether oxygens (including phenoxy) is 1. The van der Waals surface area contributed by atoms with Gasteiger partial charge in [-0.3, -0.25) is 0 Å². The first-order valence-electron chi connectivity index (χ1n) is 11.0. The van der Waals surface area contributed by atoms with Crippen LogP contribution in [0.2, 0.25) is 0 Å². The summed E-state index contributed by atoms with van der Waals surface area (Å²) in [5.74, 6) is 0.968. The van der Waals surface area contributed by atoms with Crippen molar-refractivity contribution in [3.8, 4) is 5.75 Å². The van der Waals surface area contributed by atoms with E-state index in [0.717, 1.165) is 18.8 Å². The number of nitrogens with zero attached hydrogens (tertiary/aromatic N) is 1. The van der Waals surface area contributed by atoms with E-state index in [2.05, 4.69) is 81.5 Å². The zero-order valence-corrected chi connectivity index (χ0v) is 18.1. The lowest BCUT2D eigenvalue weighted by Gasteiger charge is -2.35. The van der Waals surface area contributed by atoms with Gasteiger partial charge in [0.1, 0.15) is 5.75 Å². The summed E-state index contributed by atoms with van der Waals surface area (Å²) in [6.07, 6.45) is 9.32. The lowest BCUT2D eigenvalue weighted by molar-refractivity contribution is -0.923. The number of rotatable bonds is 13. The Morgan fingerprint density at radius 2 is 1.25 bits per heavy atom. The van der Waals surface area contributed by atoms with Crippen LogP contribution in [0.3, 0.4) is 0 Å². The zero-order valence-electron chi connectivity index (χ0n) is 18.1. The van der Waals surface area contributed by atoms with Crippen LogP contribution in [-0.4, -0.2) is 37.3 Å². The SMILES string of the molecule is CC[N+](CC)(CC)CCCCCCOc1ccc(C=Cc2ccccc2)cc1. The Balaban J connectivity index is 1.62. The van der Waals surface area contributed by atoms with E-state index in [-0.39, 0.29) is 0 Å². The van der Waals surface area contributed by atoms with Crippen molar-refractivity contribution in [2.45, 2.75) is 46.5 Å². The zero-order chi connectivity index (χ0) is 20.1. The van der Waals surface area contributed by atoms with Crippen LogP contribution in [0.4, 0.5) is 0 Å². The van der Waals surface area contributed by atoms with E-state index in [9.17, 15) is 0 Å². The van der Waals surface area contributed by atoms with Gasteiger partial charge >= 0.3 is 0 Å². The third-order valence-electron chi connectivity index (χ3n) is 5.96. The van der Waals surface area contributed by atoms with Gasteiger partial charge in [0.05, 0.1) is 32.8 Å². The number of hydrogen-bond acceptors (Lipinski definition) is 1. The number of unbranched alkanes of at least 4 members (excludes halogenated alkanes) is 3. The molecule has 2 aromatic carbocycles. The van der Waals surface area contributed by atoms with E-state index < -0.39 is 0 Å². The molecular weight excluding hydrogens is 342 g/mol. The van der Waals surface area contributed by atoms with Gasteiger partial charge in [0, 0.05) is 0 Å². The maximum atomic E-state index is 5.91. The van der Waals surface area contributed by atoms with Crippen molar-refractivity contribution in [2.75, 3.05) is 32.8 Å². The van der Waals surface area contributed by atoms with Crippen LogP contribution in [0.1, 0.15) is 57.6 Å². The molecule has 0 aliphatic heterocycles. The fourth-order valence-corrected chi connectivity index (χ4v) is 3.67. The molecule has 2 nitrogen and oxygen atoms in total. The fourth-order valence-electron chi connectivity index (χ4n) is 3.67. The van der Waals surface area contributed by atoms with Gasteiger partial charge < -0.3 is 9.22 Å². The Hall–Kier alpha value is -2.06. The highest BCUT2D eigenvalue weighted by atomic mass is 16.5. The summed E-state index contributed by atoms with van der Waals surface area (Å²) in [5.41, 5.74) is 2.41. The second-order valence-corrected chi connectivity index (χ2v) is 7.59. The van der Waals surface area contributed by atoms with Crippen molar-refractivity contribution in [1.82, 2.24) is 0 Å². The molecule has 2 heteroatoms. The molecule has 0 fully saturated rings. The molecule has 28 heavy (non-hydrogen) atoms. The van der Waals surface area contributed by atoms with Crippen molar-refractivity contribution < 1.29 is 9.22 Å². The first-order valence-corrected chi connectivity index (χ1v) is 11.0. The molecule has 0 atom stereocenters. The summed E-state index contributed by atoms with van der Waals surface area (Å²) in [7, 11) is 0. The number of quaternary nitrogens is 1. The van der Waals surface area contributed by atoms with Gasteiger partial charge in [-0.25, -0.2) is 0 Å². The quantitative estimate of drug-likeness (QED) is 0.214. The molecule has 2 aromatic rings. The van der Waals surface area contributed by atoms with Crippen molar-refractivity contribution >= 4 is 12.2 Å². The van der Waals surface area contributed by atoms with Crippen LogP contribution in [0.5, 0.6) is 5.75 Å². The molecular formula is C26H38NO+. The molecule has 0 heterocycles. The lowest BCUT2D eigenvalue weighted by Crippen LogP contribution is -2.48. The normalized spacial score (nSPS) is 11.8. The Bertz CT molecular complexity index is 663. The summed E-state index contributed by atoms with van der Waals surface area (Å²) < 4.78 is 7.17. The third kappa shape index (κ3) is 7.52. The van der Waals surface area contributed by atoms with Crippen LogP contribution in [-0.2, 0) is 0 Å². The standard InChI is InChI=1S/C26H38NO/c1-4-27(5-2,6-3)22-12-7-8-13-23-28-26-20-18-25(19-21-26)17-16-24-14-10-9-11-15-24/h9-11,14-21H,4-8,12-13,22-23H2,1-3H3/q+1. The molecule has 0 unspecified atom stereocenters. The molecule has 152 valence electrons. The maximum absolute atomic E-state index is 5.91. The molecule has 0 saturated carbocycles. The van der Waals surface area contributed by atoms with Crippen molar-refractivity contribution in [2.24, 2.45) is 0 Å². The summed E-state index contributed by atoms with van der Waals surface area (Å²) in [6, 6.07) is 18.8. The lowest BCUT2D eigenvalue weighted by atomic mass is 10.1. The van der Waals surface area contributed by atoms with E-state index >= 15 is 0 Å². The summed E-state index contributed by atoms with van der Waals surface area (Å²) in [5, 5.41) is 0. The van der Waals surface area contributed by atoms with Gasteiger partial charge in [0.25, 0.3) is 0 Å². The van der Waals surface area contributed by atoms with E-state index in [1.165, 1.54) is 61.1 Å². The smallest absolute Gasteiger partial charge is 0.119 e. The summed E-state index contributed by atoms with van der Waals surface area (Å²) in [4.78, 5) is 0. The van der Waals surface area contributed by atoms with Gasteiger partial charge in [0.2, 0.25) is 0 Å². The van der Waals surface area contributed by atoms with Crippen molar-refractivity contribution in [3.05, 3.63) is 65.7 Å². The van der Waals surface area contributed by atoms with E-state index in [1.54, 1.807) is 0 Å². The Labute approximate surface area is 172 Å². The van der Waals surface area contributed by atoms with Gasteiger partial charge in [-0.1, -0.05) is 54.6 Å². The van der Waals surface area contributed by atoms with Crippen molar-refractivity contribution in [1.29, 1.82) is 0 Å². The van der Waals surface area contributed by atoms with Gasteiger partial charge in [-0.2, -0.15) is 0 Å². The molecule has 0 radical (unpaired) electrons. The Kier molecular flexibility index (Phi) is 9.85. The fraction of sp³-hybridized carbons (Fsp3) is 0.462. The molecule has 0 spiro atoms. The second kappa shape index (κ2) is 12.4. The Morgan fingerprint density at radius 3 is 1.86 bits per heavy atom. The van der Waals surface area contributed by atoms with Crippen LogP contribution in [0.25, 0.3) is 12.2 Å². The first-order chi connectivity index (χ1) is 13.7. The molecule has 0 N–H and O–H groups in total. The highest BCUT2D eigenvalue weighted by Gasteiger charge is 2.19. The van der Waals surface area contributed by atoms with Gasteiger partial charge in [-0.15, -0.1) is 0 Å². The molecule has 2 rings (SSSR count). The third-order valence-corrected chi connectivity index (χ3v) is 5.96. The van der Waals surface area contributed by atoms with Crippen LogP contribution in [0, 0.1) is 0 Å². The molecule has 0 aliphatic rings. The van der Waals surface area contributed by atoms with Crippen LogP contribution >= 0.6 is 0 Å². The molecule has 0 aliphatic carbocycles. The minimum atomic E-state index is 0.814. The summed E-state index contributed by atoms with van der Waals surface area (Å²) in [6.45, 7) is 12.9. The average molecular weight is 381 g/mol. The number of hydrogen-bond donors (Lipinski definition) is 0. The van der Waals surface area contributed by atoms with E-state index in [0.29, 0.717) is 0 Å². The molecule has 0 bridgehead atoms. The second-order valence-electron chi connectivity index (χ2n) is 7.59. The Morgan fingerprint density at radius 1 is 0.679 bits per heavy atom. The highest BCUT2D eigenvalue weighted by Crippen LogP contribution is 2.16. The van der Waals surface area contributed by atoms with Gasteiger partial charge in [0.15, 0.2) is 0 Å². The largest absolute Gasteiger partial charge is 0.494 e. The van der Waals surface area contributed by atoms with Crippen LogP contribution < -0.4 is 4.74 Å².